The van der Waals surface area contributed by atoms with Gasteiger partial charge in [-0.25, -0.2) is 0 Å². The summed E-state index contributed by atoms with van der Waals surface area (Å²) in [5.74, 6) is 0. The van der Waals surface area contributed by atoms with Crippen molar-refractivity contribution in [2.45, 2.75) is 57.2 Å². The van der Waals surface area contributed by atoms with Crippen LogP contribution in [0.3, 0.4) is 0 Å². The van der Waals surface area contributed by atoms with Crippen molar-refractivity contribution in [1.29, 1.82) is 0 Å². The largest absolute Gasteiger partial charge is 0.328 e. The first-order valence-electron chi connectivity index (χ1n) is 7.06. The highest BCUT2D eigenvalue weighted by Gasteiger charge is 2.22. The maximum atomic E-state index is 6.30. The molecule has 0 spiro atoms. The molecule has 0 bridgehead atoms. The molecular formula is C15H22Cl2N2. The van der Waals surface area contributed by atoms with E-state index in [1.54, 1.807) is 0 Å². The van der Waals surface area contributed by atoms with Gasteiger partial charge in [0.25, 0.3) is 0 Å². The van der Waals surface area contributed by atoms with E-state index in [4.69, 9.17) is 28.9 Å². The van der Waals surface area contributed by atoms with Gasteiger partial charge in [-0.1, -0.05) is 36.2 Å². The van der Waals surface area contributed by atoms with Gasteiger partial charge in [0.05, 0.1) is 0 Å². The van der Waals surface area contributed by atoms with Crippen molar-refractivity contribution < 1.29 is 0 Å². The van der Waals surface area contributed by atoms with E-state index in [0.29, 0.717) is 23.1 Å². The Morgan fingerprint density at radius 1 is 1.26 bits per heavy atom. The van der Waals surface area contributed by atoms with Gasteiger partial charge in [-0.3, -0.25) is 0 Å². The topological polar surface area (TPSA) is 38.0 Å². The van der Waals surface area contributed by atoms with Crippen molar-refractivity contribution in [3.63, 3.8) is 0 Å². The third kappa shape index (κ3) is 4.09. The Morgan fingerprint density at radius 2 is 1.95 bits per heavy atom. The zero-order chi connectivity index (χ0) is 13.8. The molecule has 1 aromatic carbocycles. The second-order valence-corrected chi connectivity index (χ2v) is 6.25. The lowest BCUT2D eigenvalue weighted by Crippen LogP contribution is -2.39. The van der Waals surface area contributed by atoms with Gasteiger partial charge in [-0.05, 0) is 49.8 Å². The summed E-state index contributed by atoms with van der Waals surface area (Å²) in [7, 11) is 0. The van der Waals surface area contributed by atoms with Crippen LogP contribution in [0, 0.1) is 0 Å². The van der Waals surface area contributed by atoms with Gasteiger partial charge < -0.3 is 11.1 Å². The first-order chi connectivity index (χ1) is 9.10. The van der Waals surface area contributed by atoms with Gasteiger partial charge in [-0.2, -0.15) is 0 Å². The molecule has 0 saturated heterocycles. The predicted molar refractivity (Wildman–Crippen MR) is 82.9 cm³/mol. The highest BCUT2D eigenvalue weighted by Crippen LogP contribution is 2.29. The van der Waals surface area contributed by atoms with Crippen molar-refractivity contribution in [3.05, 3.63) is 33.8 Å². The Morgan fingerprint density at radius 3 is 2.53 bits per heavy atom. The van der Waals surface area contributed by atoms with Crippen LogP contribution in [-0.4, -0.2) is 12.1 Å². The molecule has 3 N–H and O–H groups in total. The van der Waals surface area contributed by atoms with Crippen LogP contribution in [0.1, 0.15) is 50.6 Å². The Bertz CT molecular complexity index is 415. The molecule has 0 aromatic heterocycles. The summed E-state index contributed by atoms with van der Waals surface area (Å²) < 4.78 is 0. The van der Waals surface area contributed by atoms with Crippen molar-refractivity contribution in [2.75, 3.05) is 0 Å². The average molecular weight is 301 g/mol. The van der Waals surface area contributed by atoms with Crippen molar-refractivity contribution in [3.8, 4) is 0 Å². The average Bonchev–Trinajstić information content (AvgIpc) is 2.39. The van der Waals surface area contributed by atoms with Gasteiger partial charge in [0.15, 0.2) is 0 Å². The fraction of sp³-hybridized carbons (Fsp3) is 0.600. The summed E-state index contributed by atoms with van der Waals surface area (Å²) in [6.45, 7) is 2.18. The van der Waals surface area contributed by atoms with Gasteiger partial charge in [0, 0.05) is 28.2 Å². The summed E-state index contributed by atoms with van der Waals surface area (Å²) in [4.78, 5) is 0. The minimum absolute atomic E-state index is 0.295. The Labute approximate surface area is 125 Å². The highest BCUT2D eigenvalue weighted by molar-refractivity contribution is 6.35. The lowest BCUT2D eigenvalue weighted by atomic mass is 9.90. The molecule has 2 nitrogen and oxygen atoms in total. The number of nitrogens with one attached hydrogen (secondary N) is 1. The van der Waals surface area contributed by atoms with Crippen LogP contribution in [0.5, 0.6) is 0 Å². The molecule has 4 heteroatoms. The summed E-state index contributed by atoms with van der Waals surface area (Å²) in [5, 5.41) is 5.16. The Kier molecular flexibility index (Phi) is 5.52. The molecule has 0 heterocycles. The van der Waals surface area contributed by atoms with Crippen LogP contribution in [0.25, 0.3) is 0 Å². The van der Waals surface area contributed by atoms with E-state index >= 15 is 0 Å². The van der Waals surface area contributed by atoms with E-state index in [1.807, 2.05) is 18.2 Å². The zero-order valence-corrected chi connectivity index (χ0v) is 12.8. The van der Waals surface area contributed by atoms with Crippen LogP contribution in [0.2, 0.25) is 10.0 Å². The van der Waals surface area contributed by atoms with Crippen molar-refractivity contribution in [1.82, 2.24) is 5.32 Å². The van der Waals surface area contributed by atoms with Crippen LogP contribution >= 0.6 is 23.2 Å². The smallest absolute Gasteiger partial charge is 0.0468 e. The molecule has 106 valence electrons. The first kappa shape index (κ1) is 15.1. The van der Waals surface area contributed by atoms with Crippen LogP contribution in [0.15, 0.2) is 18.2 Å². The van der Waals surface area contributed by atoms with E-state index in [-0.39, 0.29) is 0 Å². The molecular weight excluding hydrogens is 279 g/mol. The summed E-state index contributed by atoms with van der Waals surface area (Å²) in [5.41, 5.74) is 7.09. The number of hydrogen-bond donors (Lipinski definition) is 2. The van der Waals surface area contributed by atoms with Crippen molar-refractivity contribution >= 4 is 23.2 Å². The number of hydrogen-bond acceptors (Lipinski definition) is 2. The lowest BCUT2D eigenvalue weighted by Gasteiger charge is -2.31. The number of benzene rings is 1. The summed E-state index contributed by atoms with van der Waals surface area (Å²) >= 11 is 12.3. The fourth-order valence-corrected chi connectivity index (χ4v) is 3.32. The van der Waals surface area contributed by atoms with Crippen LogP contribution < -0.4 is 11.1 Å². The summed E-state index contributed by atoms with van der Waals surface area (Å²) in [6.07, 6.45) is 5.56. The Balaban J connectivity index is 2.03. The number of nitrogens with two attached hydrogens (primary N) is 1. The molecule has 1 aromatic rings. The second kappa shape index (κ2) is 6.94. The third-order valence-electron chi connectivity index (χ3n) is 3.95. The minimum Gasteiger partial charge on any atom is -0.328 e. The molecule has 1 aliphatic rings. The molecule has 2 rings (SSSR count). The van der Waals surface area contributed by atoms with Gasteiger partial charge >= 0.3 is 0 Å². The Hall–Kier alpha value is -0.280. The van der Waals surface area contributed by atoms with Crippen molar-refractivity contribution in [2.24, 2.45) is 5.73 Å². The molecule has 1 unspecified atom stereocenters. The first-order valence-corrected chi connectivity index (χ1v) is 7.82. The second-order valence-electron chi connectivity index (χ2n) is 5.41. The lowest BCUT2D eigenvalue weighted by molar-refractivity contribution is 0.312. The normalized spacial score (nSPS) is 25.3. The highest BCUT2D eigenvalue weighted by atomic mass is 35.5. The number of halogens is 2. The monoisotopic (exact) mass is 300 g/mol. The predicted octanol–water partition coefficient (Wildman–Crippen LogP) is 4.30. The molecule has 19 heavy (non-hydrogen) atoms. The SMILES string of the molecule is CCC(NC1CCC(N)CC1)c1ccc(Cl)cc1Cl. The van der Waals surface area contributed by atoms with Gasteiger partial charge in [0.1, 0.15) is 0 Å². The molecule has 1 saturated carbocycles. The molecule has 1 atom stereocenters. The van der Waals surface area contributed by atoms with E-state index in [9.17, 15) is 0 Å². The number of rotatable bonds is 4. The fourth-order valence-electron chi connectivity index (χ4n) is 2.78. The zero-order valence-electron chi connectivity index (χ0n) is 11.3. The minimum atomic E-state index is 0.295. The van der Waals surface area contributed by atoms with E-state index in [0.717, 1.165) is 42.7 Å². The molecule has 0 radical (unpaired) electrons. The molecule has 1 aliphatic carbocycles. The van der Waals surface area contributed by atoms with E-state index < -0.39 is 0 Å². The molecule has 0 aliphatic heterocycles. The van der Waals surface area contributed by atoms with Gasteiger partial charge in [-0.15, -0.1) is 0 Å². The maximum Gasteiger partial charge on any atom is 0.0468 e. The van der Waals surface area contributed by atoms with Gasteiger partial charge in [0.2, 0.25) is 0 Å². The summed E-state index contributed by atoms with van der Waals surface area (Å²) in [6, 6.07) is 6.99. The standard InChI is InChI=1S/C15H22Cl2N2/c1-2-15(13-8-3-10(16)9-14(13)17)19-12-6-4-11(18)5-7-12/h3,8-9,11-12,15,19H,2,4-7,18H2,1H3. The molecule has 1 fully saturated rings. The van der Waals surface area contributed by atoms with E-state index in [2.05, 4.69) is 12.2 Å². The third-order valence-corrected chi connectivity index (χ3v) is 4.52. The van der Waals surface area contributed by atoms with Crippen LogP contribution in [-0.2, 0) is 0 Å². The molecule has 0 amide bonds. The van der Waals surface area contributed by atoms with E-state index in [1.165, 1.54) is 0 Å². The van der Waals surface area contributed by atoms with Crippen LogP contribution in [0.4, 0.5) is 0 Å². The maximum absolute atomic E-state index is 6.30. The quantitative estimate of drug-likeness (QED) is 0.870.